The van der Waals surface area contributed by atoms with Crippen molar-refractivity contribution in [1.82, 2.24) is 9.97 Å². The molecule has 0 unspecified atom stereocenters. The fourth-order valence-electron chi connectivity index (χ4n) is 2.00. The van der Waals surface area contributed by atoms with Crippen LogP contribution >= 0.6 is 0 Å². The van der Waals surface area contributed by atoms with Gasteiger partial charge in [0.1, 0.15) is 11.8 Å². The molecule has 7 nitrogen and oxygen atoms in total. The Morgan fingerprint density at radius 3 is 2.48 bits per heavy atom. The molecule has 3 rings (SSSR count). The van der Waals surface area contributed by atoms with Crippen molar-refractivity contribution in [2.45, 2.75) is 0 Å². The maximum atomic E-state index is 12.1. The molecule has 0 saturated heterocycles. The summed E-state index contributed by atoms with van der Waals surface area (Å²) in [6, 6.07) is 17.2. The number of carbonyl (C=O) groups excluding carboxylic acids is 1. The van der Waals surface area contributed by atoms with E-state index in [1.165, 1.54) is 6.20 Å². The van der Waals surface area contributed by atoms with Gasteiger partial charge in [0.05, 0.1) is 16.9 Å². The average molecular weight is 328 g/mol. The quantitative estimate of drug-likeness (QED) is 0.730. The lowest BCUT2D eigenvalue weighted by Crippen LogP contribution is -2.14. The first-order chi connectivity index (χ1) is 12.3. The fourth-order valence-corrected chi connectivity index (χ4v) is 2.00. The third-order valence-corrected chi connectivity index (χ3v) is 3.19. The first-order valence-electron chi connectivity index (χ1n) is 7.35. The number of nitrogens with one attached hydrogen (secondary N) is 1. The third-order valence-electron chi connectivity index (χ3n) is 3.19. The van der Waals surface area contributed by atoms with Crippen molar-refractivity contribution >= 4 is 23.1 Å². The van der Waals surface area contributed by atoms with Gasteiger partial charge >= 0.3 is 0 Å². The minimum absolute atomic E-state index is 0.269. The number of azo groups is 1. The largest absolute Gasteiger partial charge is 0.319 e. The molecule has 2 heterocycles. The van der Waals surface area contributed by atoms with Crippen molar-refractivity contribution in [3.63, 3.8) is 0 Å². The number of benzene rings is 1. The molecule has 0 spiro atoms. The van der Waals surface area contributed by atoms with Crippen molar-refractivity contribution in [3.05, 3.63) is 78.2 Å². The Labute approximate surface area is 143 Å². The minimum Gasteiger partial charge on any atom is -0.319 e. The van der Waals surface area contributed by atoms with Crippen LogP contribution in [0.4, 0.5) is 17.2 Å². The molecule has 0 aliphatic rings. The van der Waals surface area contributed by atoms with E-state index in [4.69, 9.17) is 0 Å². The van der Waals surface area contributed by atoms with Gasteiger partial charge in [-0.25, -0.2) is 4.98 Å². The zero-order valence-electron chi connectivity index (χ0n) is 13.0. The van der Waals surface area contributed by atoms with E-state index in [0.717, 1.165) is 0 Å². The van der Waals surface area contributed by atoms with E-state index >= 15 is 0 Å². The number of amides is 1. The van der Waals surface area contributed by atoms with Crippen molar-refractivity contribution in [2.75, 3.05) is 5.32 Å². The summed E-state index contributed by atoms with van der Waals surface area (Å²) < 4.78 is 0. The van der Waals surface area contributed by atoms with E-state index in [1.807, 2.05) is 6.07 Å². The van der Waals surface area contributed by atoms with Gasteiger partial charge in [0, 0.05) is 12.4 Å². The normalized spacial score (nSPS) is 10.4. The van der Waals surface area contributed by atoms with E-state index in [0.29, 0.717) is 17.2 Å². The highest BCUT2D eigenvalue weighted by Crippen LogP contribution is 2.23. The number of nitrogens with zero attached hydrogens (tertiary/aromatic N) is 5. The standard InChI is InChI=1S/C18H12N6O/c19-12-13-11-14(23-24-17-6-2-4-10-21-17)7-8-15(13)22-18(25)16-5-1-3-9-20-16/h1-11H,(H,22,25). The number of aromatic nitrogens is 2. The van der Waals surface area contributed by atoms with Crippen molar-refractivity contribution in [1.29, 1.82) is 5.26 Å². The van der Waals surface area contributed by atoms with Gasteiger partial charge in [0.15, 0.2) is 5.82 Å². The molecule has 0 bridgehead atoms. The van der Waals surface area contributed by atoms with E-state index in [2.05, 4.69) is 25.5 Å². The summed E-state index contributed by atoms with van der Waals surface area (Å²) in [5.41, 5.74) is 1.42. The zero-order chi connectivity index (χ0) is 17.5. The number of pyridine rings is 2. The average Bonchev–Trinajstić information content (AvgIpc) is 2.68. The fraction of sp³-hybridized carbons (Fsp3) is 0. The summed E-state index contributed by atoms with van der Waals surface area (Å²) >= 11 is 0. The Morgan fingerprint density at radius 2 is 1.80 bits per heavy atom. The lowest BCUT2D eigenvalue weighted by Gasteiger charge is -2.06. The molecule has 25 heavy (non-hydrogen) atoms. The van der Waals surface area contributed by atoms with Crippen LogP contribution < -0.4 is 5.32 Å². The number of carbonyl (C=O) groups is 1. The van der Waals surface area contributed by atoms with E-state index in [9.17, 15) is 10.1 Å². The van der Waals surface area contributed by atoms with Crippen LogP contribution in [0.2, 0.25) is 0 Å². The number of nitriles is 1. The van der Waals surface area contributed by atoms with Crippen LogP contribution in [0.25, 0.3) is 0 Å². The second-order valence-electron chi connectivity index (χ2n) is 4.90. The molecular weight excluding hydrogens is 316 g/mol. The van der Waals surface area contributed by atoms with Gasteiger partial charge in [-0.15, -0.1) is 10.2 Å². The second-order valence-corrected chi connectivity index (χ2v) is 4.90. The summed E-state index contributed by atoms with van der Waals surface area (Å²) in [7, 11) is 0. The Morgan fingerprint density at radius 1 is 1.00 bits per heavy atom. The highest BCUT2D eigenvalue weighted by Gasteiger charge is 2.10. The predicted octanol–water partition coefficient (Wildman–Crippen LogP) is 4.02. The molecule has 0 fully saturated rings. The van der Waals surface area contributed by atoms with Crippen LogP contribution in [-0.2, 0) is 0 Å². The predicted molar refractivity (Wildman–Crippen MR) is 91.8 cm³/mol. The molecule has 0 aliphatic heterocycles. The molecule has 3 aromatic rings. The molecule has 120 valence electrons. The number of hydrogen-bond donors (Lipinski definition) is 1. The number of rotatable bonds is 4. The maximum Gasteiger partial charge on any atom is 0.274 e. The molecule has 0 aliphatic carbocycles. The third kappa shape index (κ3) is 4.09. The topological polar surface area (TPSA) is 103 Å². The smallest absolute Gasteiger partial charge is 0.274 e. The van der Waals surface area contributed by atoms with Gasteiger partial charge in [-0.2, -0.15) is 5.26 Å². The van der Waals surface area contributed by atoms with Crippen LogP contribution in [-0.4, -0.2) is 15.9 Å². The van der Waals surface area contributed by atoms with Gasteiger partial charge < -0.3 is 5.32 Å². The summed E-state index contributed by atoms with van der Waals surface area (Å²) in [5, 5.41) is 20.0. The zero-order valence-corrected chi connectivity index (χ0v) is 13.0. The molecule has 0 radical (unpaired) electrons. The van der Waals surface area contributed by atoms with E-state index in [-0.39, 0.29) is 17.2 Å². The highest BCUT2D eigenvalue weighted by molar-refractivity contribution is 6.03. The molecular formula is C18H12N6O. The Balaban J connectivity index is 1.79. The Hall–Kier alpha value is -3.92. The molecule has 0 atom stereocenters. The molecule has 1 amide bonds. The number of hydrogen-bond acceptors (Lipinski definition) is 6. The van der Waals surface area contributed by atoms with Crippen molar-refractivity contribution in [3.8, 4) is 6.07 Å². The molecule has 1 N–H and O–H groups in total. The summed E-state index contributed by atoms with van der Waals surface area (Å²) in [6.07, 6.45) is 3.15. The van der Waals surface area contributed by atoms with Crippen LogP contribution in [0.15, 0.2) is 77.2 Å². The van der Waals surface area contributed by atoms with Gasteiger partial charge in [-0.3, -0.25) is 9.78 Å². The SMILES string of the molecule is N#Cc1cc(N=Nc2ccccn2)ccc1NC(=O)c1ccccn1. The lowest BCUT2D eigenvalue weighted by molar-refractivity contribution is 0.102. The summed E-state index contributed by atoms with van der Waals surface area (Å²) in [4.78, 5) is 20.2. The number of anilines is 1. The summed E-state index contributed by atoms with van der Waals surface area (Å²) in [5.74, 6) is 0.0773. The first kappa shape index (κ1) is 16.0. The maximum absolute atomic E-state index is 12.1. The van der Waals surface area contributed by atoms with Crippen molar-refractivity contribution < 1.29 is 4.79 Å². The summed E-state index contributed by atoms with van der Waals surface area (Å²) in [6.45, 7) is 0. The Bertz CT molecular complexity index is 948. The molecule has 2 aromatic heterocycles. The van der Waals surface area contributed by atoms with E-state index in [1.54, 1.807) is 60.8 Å². The van der Waals surface area contributed by atoms with Gasteiger partial charge in [-0.05, 0) is 42.5 Å². The van der Waals surface area contributed by atoms with Crippen LogP contribution in [0.5, 0.6) is 0 Å². The van der Waals surface area contributed by atoms with Crippen LogP contribution in [0.1, 0.15) is 16.1 Å². The monoisotopic (exact) mass is 328 g/mol. The van der Waals surface area contributed by atoms with Gasteiger partial charge in [0.25, 0.3) is 5.91 Å². The molecule has 7 heteroatoms. The van der Waals surface area contributed by atoms with Crippen LogP contribution in [0, 0.1) is 11.3 Å². The van der Waals surface area contributed by atoms with Crippen molar-refractivity contribution in [2.24, 2.45) is 10.2 Å². The van der Waals surface area contributed by atoms with Gasteiger partial charge in [0.2, 0.25) is 0 Å². The second kappa shape index (κ2) is 7.57. The minimum atomic E-state index is -0.389. The molecule has 1 aromatic carbocycles. The van der Waals surface area contributed by atoms with Crippen LogP contribution in [0.3, 0.4) is 0 Å². The lowest BCUT2D eigenvalue weighted by atomic mass is 10.1. The highest BCUT2D eigenvalue weighted by atomic mass is 16.1. The first-order valence-corrected chi connectivity index (χ1v) is 7.35. The van der Waals surface area contributed by atoms with Gasteiger partial charge in [-0.1, -0.05) is 12.1 Å². The van der Waals surface area contributed by atoms with E-state index < -0.39 is 0 Å². The Kier molecular flexibility index (Phi) is 4.83. The molecule has 0 saturated carbocycles.